The molecule has 0 radical (unpaired) electrons. The number of nitrogens with one attached hydrogen (secondary N) is 2. The van der Waals surface area contributed by atoms with Gasteiger partial charge in [0.2, 0.25) is 5.91 Å². The molecular formula is C13H24N2O2S. The van der Waals surface area contributed by atoms with E-state index >= 15 is 0 Å². The monoisotopic (exact) mass is 272 g/mol. The highest BCUT2D eigenvalue weighted by atomic mass is 32.2. The van der Waals surface area contributed by atoms with Crippen LogP contribution in [0.5, 0.6) is 0 Å². The maximum atomic E-state index is 11.9. The van der Waals surface area contributed by atoms with Crippen LogP contribution in [0.2, 0.25) is 0 Å². The van der Waals surface area contributed by atoms with Crippen LogP contribution < -0.4 is 10.6 Å². The lowest BCUT2D eigenvalue weighted by Crippen LogP contribution is -2.44. The topological polar surface area (TPSA) is 61.4 Å². The molecule has 3 N–H and O–H groups in total. The van der Waals surface area contributed by atoms with Gasteiger partial charge in [0, 0.05) is 42.5 Å². The Balaban J connectivity index is 1.70. The molecule has 1 amide bonds. The van der Waals surface area contributed by atoms with Gasteiger partial charge in [-0.3, -0.25) is 4.79 Å². The van der Waals surface area contributed by atoms with Crippen molar-refractivity contribution in [3.63, 3.8) is 0 Å². The molecule has 1 aliphatic heterocycles. The predicted octanol–water partition coefficient (Wildman–Crippen LogP) is 0.750. The highest BCUT2D eigenvalue weighted by molar-refractivity contribution is 7.99. The zero-order chi connectivity index (χ0) is 12.8. The average Bonchev–Trinajstić information content (AvgIpc) is 2.87. The van der Waals surface area contributed by atoms with Crippen LogP contribution in [0.1, 0.15) is 32.1 Å². The maximum Gasteiger partial charge on any atom is 0.221 e. The van der Waals surface area contributed by atoms with E-state index < -0.39 is 0 Å². The summed E-state index contributed by atoms with van der Waals surface area (Å²) in [5.74, 6) is 2.29. The summed E-state index contributed by atoms with van der Waals surface area (Å²) in [7, 11) is 0. The summed E-state index contributed by atoms with van der Waals surface area (Å²) in [4.78, 5) is 11.9. The molecule has 4 nitrogen and oxygen atoms in total. The van der Waals surface area contributed by atoms with E-state index in [-0.39, 0.29) is 17.9 Å². The molecule has 18 heavy (non-hydrogen) atoms. The number of thioether (sulfide) groups is 1. The molecule has 104 valence electrons. The molecule has 1 saturated carbocycles. The number of amides is 1. The lowest BCUT2D eigenvalue weighted by atomic mass is 9.87. The summed E-state index contributed by atoms with van der Waals surface area (Å²) in [6, 6.07) is 0.317. The fraction of sp³-hybridized carbons (Fsp3) is 0.923. The average molecular weight is 272 g/mol. The first kappa shape index (κ1) is 14.2. The van der Waals surface area contributed by atoms with E-state index in [2.05, 4.69) is 10.6 Å². The predicted molar refractivity (Wildman–Crippen MR) is 74.7 cm³/mol. The molecular weight excluding hydrogens is 248 g/mol. The van der Waals surface area contributed by atoms with E-state index in [9.17, 15) is 9.90 Å². The first-order valence-corrected chi connectivity index (χ1v) is 8.08. The quantitative estimate of drug-likeness (QED) is 0.691. The highest BCUT2D eigenvalue weighted by Gasteiger charge is 2.33. The lowest BCUT2D eigenvalue weighted by Gasteiger charge is -2.27. The maximum absolute atomic E-state index is 11.9. The molecule has 1 atom stereocenters. The summed E-state index contributed by atoms with van der Waals surface area (Å²) in [5.41, 5.74) is -0.0373. The van der Waals surface area contributed by atoms with Crippen LogP contribution in [0.15, 0.2) is 0 Å². The van der Waals surface area contributed by atoms with Gasteiger partial charge < -0.3 is 15.7 Å². The molecule has 0 aromatic carbocycles. The summed E-state index contributed by atoms with van der Waals surface area (Å²) >= 11 is 1.91. The van der Waals surface area contributed by atoms with Gasteiger partial charge in [-0.1, -0.05) is 12.8 Å². The first-order chi connectivity index (χ1) is 8.74. The second-order valence-electron chi connectivity index (χ2n) is 5.57. The molecule has 1 heterocycles. The minimum atomic E-state index is -0.0373. The van der Waals surface area contributed by atoms with Crippen LogP contribution in [0.3, 0.4) is 0 Å². The van der Waals surface area contributed by atoms with Gasteiger partial charge in [-0.05, 0) is 12.8 Å². The molecule has 0 spiro atoms. The third-order valence-electron chi connectivity index (χ3n) is 4.09. The third kappa shape index (κ3) is 3.87. The van der Waals surface area contributed by atoms with Crippen molar-refractivity contribution in [1.82, 2.24) is 10.6 Å². The van der Waals surface area contributed by atoms with Crippen molar-refractivity contribution in [2.75, 3.05) is 31.2 Å². The molecule has 0 bridgehead atoms. The zero-order valence-corrected chi connectivity index (χ0v) is 11.7. The lowest BCUT2D eigenvalue weighted by molar-refractivity contribution is -0.122. The summed E-state index contributed by atoms with van der Waals surface area (Å²) in [5, 5.41) is 15.9. The summed E-state index contributed by atoms with van der Waals surface area (Å²) < 4.78 is 0. The van der Waals surface area contributed by atoms with Gasteiger partial charge in [0.05, 0.1) is 6.61 Å². The van der Waals surface area contributed by atoms with Gasteiger partial charge in [0.25, 0.3) is 0 Å². The van der Waals surface area contributed by atoms with Gasteiger partial charge in [0.1, 0.15) is 0 Å². The minimum Gasteiger partial charge on any atom is -0.396 e. The van der Waals surface area contributed by atoms with Crippen molar-refractivity contribution < 1.29 is 9.90 Å². The largest absolute Gasteiger partial charge is 0.396 e. The number of aliphatic hydroxyl groups is 1. The molecule has 0 aromatic rings. The number of hydrogen-bond acceptors (Lipinski definition) is 4. The Bertz CT molecular complexity index is 274. The smallest absolute Gasteiger partial charge is 0.221 e. The number of aliphatic hydroxyl groups excluding tert-OH is 1. The Labute approximate surface area is 113 Å². The first-order valence-electron chi connectivity index (χ1n) is 6.93. The van der Waals surface area contributed by atoms with Gasteiger partial charge in [-0.15, -0.1) is 0 Å². The van der Waals surface area contributed by atoms with Crippen LogP contribution in [-0.4, -0.2) is 48.3 Å². The molecule has 2 fully saturated rings. The van der Waals surface area contributed by atoms with Crippen LogP contribution in [0.25, 0.3) is 0 Å². The van der Waals surface area contributed by atoms with E-state index in [1.165, 1.54) is 12.8 Å². The number of carbonyl (C=O) groups is 1. The minimum absolute atomic E-state index is 0.0373. The van der Waals surface area contributed by atoms with Crippen molar-refractivity contribution in [3.05, 3.63) is 0 Å². The normalized spacial score (nSPS) is 27.1. The third-order valence-corrected chi connectivity index (χ3v) is 5.22. The van der Waals surface area contributed by atoms with Crippen molar-refractivity contribution in [2.24, 2.45) is 5.41 Å². The zero-order valence-electron chi connectivity index (χ0n) is 10.9. The molecule has 1 saturated heterocycles. The van der Waals surface area contributed by atoms with E-state index in [0.717, 1.165) is 30.9 Å². The number of hydrogen-bond donors (Lipinski definition) is 3. The van der Waals surface area contributed by atoms with Crippen molar-refractivity contribution in [2.45, 2.75) is 38.1 Å². The second-order valence-corrected chi connectivity index (χ2v) is 6.72. The number of rotatable bonds is 5. The van der Waals surface area contributed by atoms with E-state index in [1.54, 1.807) is 0 Å². The SMILES string of the molecule is O=C(CC1CSCCN1)NCC1(CO)CCCC1. The van der Waals surface area contributed by atoms with E-state index in [4.69, 9.17) is 0 Å². The Morgan fingerprint density at radius 3 is 2.83 bits per heavy atom. The van der Waals surface area contributed by atoms with Crippen LogP contribution in [0.4, 0.5) is 0 Å². The van der Waals surface area contributed by atoms with E-state index in [0.29, 0.717) is 19.0 Å². The van der Waals surface area contributed by atoms with Gasteiger partial charge in [-0.2, -0.15) is 11.8 Å². The second kappa shape index (κ2) is 6.78. The molecule has 1 aliphatic carbocycles. The molecule has 5 heteroatoms. The van der Waals surface area contributed by atoms with Crippen molar-refractivity contribution in [1.29, 1.82) is 0 Å². The highest BCUT2D eigenvalue weighted by Crippen LogP contribution is 2.36. The Kier molecular flexibility index (Phi) is 5.33. The van der Waals surface area contributed by atoms with Crippen LogP contribution in [-0.2, 0) is 4.79 Å². The van der Waals surface area contributed by atoms with Crippen LogP contribution in [0, 0.1) is 5.41 Å². The Hall–Kier alpha value is -0.260. The van der Waals surface area contributed by atoms with Gasteiger partial charge in [-0.25, -0.2) is 0 Å². The molecule has 0 aromatic heterocycles. The Morgan fingerprint density at radius 2 is 2.22 bits per heavy atom. The number of carbonyl (C=O) groups excluding carboxylic acids is 1. The molecule has 2 rings (SSSR count). The molecule has 2 aliphatic rings. The standard InChI is InChI=1S/C13H24N2O2S/c16-10-13(3-1-2-4-13)9-15-12(17)7-11-8-18-6-5-14-11/h11,14,16H,1-10H2,(H,15,17). The fourth-order valence-corrected chi connectivity index (χ4v) is 3.80. The van der Waals surface area contributed by atoms with Crippen molar-refractivity contribution >= 4 is 17.7 Å². The van der Waals surface area contributed by atoms with Gasteiger partial charge >= 0.3 is 0 Å². The van der Waals surface area contributed by atoms with E-state index in [1.807, 2.05) is 11.8 Å². The Morgan fingerprint density at radius 1 is 1.44 bits per heavy atom. The summed E-state index contributed by atoms with van der Waals surface area (Å²) in [6.45, 7) is 1.84. The fourth-order valence-electron chi connectivity index (χ4n) is 2.85. The van der Waals surface area contributed by atoms with Gasteiger partial charge in [0.15, 0.2) is 0 Å². The van der Waals surface area contributed by atoms with Crippen molar-refractivity contribution in [3.8, 4) is 0 Å². The summed E-state index contributed by atoms with van der Waals surface area (Å²) in [6.07, 6.45) is 5.01. The van der Waals surface area contributed by atoms with Crippen LogP contribution >= 0.6 is 11.8 Å². The molecule has 1 unspecified atom stereocenters.